The van der Waals surface area contributed by atoms with Gasteiger partial charge in [0.25, 0.3) is 0 Å². The minimum absolute atomic E-state index is 0.00167. The summed E-state index contributed by atoms with van der Waals surface area (Å²) in [5, 5.41) is 8.31. The van der Waals surface area contributed by atoms with Crippen molar-refractivity contribution in [3.8, 4) is 0 Å². The van der Waals surface area contributed by atoms with E-state index in [9.17, 15) is 9.59 Å². The molecule has 0 fully saturated rings. The third-order valence-corrected chi connectivity index (χ3v) is 6.07. The van der Waals surface area contributed by atoms with Gasteiger partial charge in [-0.2, -0.15) is 0 Å². The summed E-state index contributed by atoms with van der Waals surface area (Å²) < 4.78 is 5.94. The van der Waals surface area contributed by atoms with E-state index in [0.717, 1.165) is 27.8 Å². The summed E-state index contributed by atoms with van der Waals surface area (Å²) >= 11 is 0. The van der Waals surface area contributed by atoms with Gasteiger partial charge in [-0.15, -0.1) is 5.10 Å². The number of hydrogen-bond acceptors (Lipinski definition) is 6. The van der Waals surface area contributed by atoms with Crippen molar-refractivity contribution in [2.75, 3.05) is 6.73 Å². The van der Waals surface area contributed by atoms with Crippen LogP contribution >= 0.6 is 0 Å². The molecule has 0 saturated carbocycles. The fraction of sp³-hybridized carbons (Fsp3) is 0.231. The molecule has 0 bridgehead atoms. The first-order valence-electron chi connectivity index (χ1n) is 11.2. The Kier molecular flexibility index (Phi) is 5.49. The minimum Gasteiger partial charge on any atom is -0.468 e. The molecule has 0 spiro atoms. The Balaban J connectivity index is 1.39. The first-order valence-corrected chi connectivity index (χ1v) is 11.2. The van der Waals surface area contributed by atoms with E-state index in [2.05, 4.69) is 20.6 Å². The lowest BCUT2D eigenvalue weighted by Crippen LogP contribution is -2.43. The van der Waals surface area contributed by atoms with E-state index >= 15 is 0 Å². The number of allylic oxidation sites excluding steroid dienone is 3. The van der Waals surface area contributed by atoms with Crippen molar-refractivity contribution >= 4 is 17.3 Å². The molecule has 8 heteroatoms. The number of aromatic amines is 1. The van der Waals surface area contributed by atoms with E-state index < -0.39 is 5.91 Å². The van der Waals surface area contributed by atoms with Crippen molar-refractivity contribution < 1.29 is 14.3 Å². The summed E-state index contributed by atoms with van der Waals surface area (Å²) in [5.41, 5.74) is 8.25. The summed E-state index contributed by atoms with van der Waals surface area (Å²) in [6.07, 6.45) is 2.47. The highest BCUT2D eigenvalue weighted by Crippen LogP contribution is 2.40. The second kappa shape index (κ2) is 8.62. The zero-order valence-corrected chi connectivity index (χ0v) is 19.3. The van der Waals surface area contributed by atoms with Gasteiger partial charge in [0.2, 0.25) is 5.82 Å². The van der Waals surface area contributed by atoms with Gasteiger partial charge in [0.1, 0.15) is 11.5 Å². The molecule has 0 radical (unpaired) electrons. The Morgan fingerprint density at radius 3 is 2.62 bits per heavy atom. The Labute approximate surface area is 197 Å². The van der Waals surface area contributed by atoms with Gasteiger partial charge in [-0.3, -0.25) is 20.1 Å². The zero-order valence-electron chi connectivity index (χ0n) is 19.3. The first-order chi connectivity index (χ1) is 16.4. The molecular formula is C26H25N5O3. The van der Waals surface area contributed by atoms with Crippen LogP contribution in [0.3, 0.4) is 0 Å². The van der Waals surface area contributed by atoms with Crippen molar-refractivity contribution in [1.82, 2.24) is 25.6 Å². The van der Waals surface area contributed by atoms with Crippen LogP contribution in [0.15, 0.2) is 66.1 Å². The number of aromatic nitrogens is 3. The normalized spacial score (nSPS) is 17.4. The highest BCUT2D eigenvalue weighted by atomic mass is 16.5. The Hall–Kier alpha value is -4.20. The quantitative estimate of drug-likeness (QED) is 0.611. The van der Waals surface area contributed by atoms with E-state index in [1.54, 1.807) is 0 Å². The van der Waals surface area contributed by atoms with Crippen LogP contribution < -0.4 is 5.43 Å². The topological polar surface area (TPSA) is 100 Å². The summed E-state index contributed by atoms with van der Waals surface area (Å²) in [5.74, 6) is 0.0906. The van der Waals surface area contributed by atoms with Crippen LogP contribution in [0.4, 0.5) is 0 Å². The number of aryl methyl sites for hydroxylation is 2. The molecule has 5 rings (SSSR count). The summed E-state index contributed by atoms with van der Waals surface area (Å²) in [7, 11) is 0. The van der Waals surface area contributed by atoms with Gasteiger partial charge in [0.05, 0.1) is 0 Å². The lowest BCUT2D eigenvalue weighted by Gasteiger charge is -2.24. The maximum atomic E-state index is 13.1. The predicted octanol–water partition coefficient (Wildman–Crippen LogP) is 3.46. The number of hydrogen-bond donors (Lipinski definition) is 2. The van der Waals surface area contributed by atoms with Gasteiger partial charge in [0, 0.05) is 17.9 Å². The van der Waals surface area contributed by atoms with Crippen molar-refractivity contribution in [3.63, 3.8) is 0 Å². The molecular weight excluding hydrogens is 430 g/mol. The smallest absolute Gasteiger partial charge is 0.309 e. The number of H-pyrrole nitrogens is 1. The molecule has 2 heterocycles. The molecule has 3 aromatic rings. The zero-order chi connectivity index (χ0) is 23.8. The number of hydrazine groups is 1. The number of Topliss-reactive ketones (excluding diaryl/α,β-unsaturated/α-hetero) is 1. The largest absolute Gasteiger partial charge is 0.468 e. The molecule has 34 heavy (non-hydrogen) atoms. The number of carbonyl (C=O) groups excluding carboxylic acids is 2. The number of nitrogens with zero attached hydrogens (tertiary/aromatic N) is 3. The number of amides is 1. The number of carbonyl (C=O) groups is 2. The van der Waals surface area contributed by atoms with Crippen LogP contribution in [-0.4, -0.2) is 38.6 Å². The van der Waals surface area contributed by atoms with Gasteiger partial charge in [-0.25, -0.2) is 9.99 Å². The van der Waals surface area contributed by atoms with Gasteiger partial charge < -0.3 is 4.74 Å². The third kappa shape index (κ3) is 3.87. The fourth-order valence-corrected chi connectivity index (χ4v) is 4.41. The SMILES string of the molecule is Cc1cccc(C)c1C1=C[C@H](C)C(=O)C2=C1OCN2NC(=O)c1n[nH]c(Cc2ccccc2)n1. The van der Waals surface area contributed by atoms with Crippen molar-refractivity contribution in [2.24, 2.45) is 5.92 Å². The molecule has 1 aromatic heterocycles. The van der Waals surface area contributed by atoms with Crippen molar-refractivity contribution in [2.45, 2.75) is 27.2 Å². The summed E-state index contributed by atoms with van der Waals surface area (Å²) in [4.78, 5) is 30.3. The van der Waals surface area contributed by atoms with E-state index in [0.29, 0.717) is 23.7 Å². The van der Waals surface area contributed by atoms with Crippen LogP contribution in [-0.2, 0) is 16.0 Å². The molecule has 0 unspecified atom stereocenters. The lowest BCUT2D eigenvalue weighted by atomic mass is 9.85. The van der Waals surface area contributed by atoms with Gasteiger partial charge >= 0.3 is 5.91 Å². The Morgan fingerprint density at radius 2 is 1.88 bits per heavy atom. The number of benzene rings is 2. The first kappa shape index (κ1) is 21.6. The van der Waals surface area contributed by atoms with E-state index in [1.165, 1.54) is 5.01 Å². The van der Waals surface area contributed by atoms with Gasteiger partial charge in [-0.05, 0) is 36.1 Å². The molecule has 2 aromatic carbocycles. The van der Waals surface area contributed by atoms with Crippen LogP contribution in [0.2, 0.25) is 0 Å². The molecule has 1 atom stereocenters. The third-order valence-electron chi connectivity index (χ3n) is 6.07. The molecule has 2 N–H and O–H groups in total. The van der Waals surface area contributed by atoms with Crippen molar-refractivity contribution in [1.29, 1.82) is 0 Å². The van der Waals surface area contributed by atoms with Crippen LogP contribution in [0.25, 0.3) is 5.57 Å². The molecule has 0 saturated heterocycles. The molecule has 1 aliphatic heterocycles. The highest BCUT2D eigenvalue weighted by molar-refractivity contribution is 6.06. The average molecular weight is 456 g/mol. The molecule has 8 nitrogen and oxygen atoms in total. The molecule has 1 amide bonds. The summed E-state index contributed by atoms with van der Waals surface area (Å²) in [6, 6.07) is 15.9. The lowest BCUT2D eigenvalue weighted by molar-refractivity contribution is -0.119. The second-order valence-electron chi connectivity index (χ2n) is 8.59. The number of nitrogens with one attached hydrogen (secondary N) is 2. The predicted molar refractivity (Wildman–Crippen MR) is 126 cm³/mol. The average Bonchev–Trinajstić information content (AvgIpc) is 3.45. The van der Waals surface area contributed by atoms with E-state index in [1.807, 2.05) is 75.4 Å². The highest BCUT2D eigenvalue weighted by Gasteiger charge is 2.39. The monoisotopic (exact) mass is 455 g/mol. The molecule has 1 aliphatic carbocycles. The Bertz CT molecular complexity index is 1320. The van der Waals surface area contributed by atoms with Crippen molar-refractivity contribution in [3.05, 3.63) is 100.0 Å². The maximum absolute atomic E-state index is 13.1. The van der Waals surface area contributed by atoms with Crippen LogP contribution in [0.5, 0.6) is 0 Å². The number of ether oxygens (including phenoxy) is 1. The summed E-state index contributed by atoms with van der Waals surface area (Å²) in [6.45, 7) is 5.95. The van der Waals surface area contributed by atoms with Crippen LogP contribution in [0, 0.1) is 19.8 Å². The standard InChI is InChI=1S/C26H25N5O3/c1-15-8-7-9-16(2)21(15)19-12-17(3)23(32)22-24(19)34-14-31(22)30-26(33)25-27-20(28-29-25)13-18-10-5-4-6-11-18/h4-12,17H,13-14H2,1-3H3,(H,30,33)(H,27,28,29)/t17-/m0/s1. The second-order valence-corrected chi connectivity index (χ2v) is 8.59. The maximum Gasteiger partial charge on any atom is 0.309 e. The van der Waals surface area contributed by atoms with Gasteiger partial charge in [-0.1, -0.05) is 61.5 Å². The molecule has 2 aliphatic rings. The van der Waals surface area contributed by atoms with Gasteiger partial charge in [0.15, 0.2) is 18.3 Å². The van der Waals surface area contributed by atoms with E-state index in [4.69, 9.17) is 4.74 Å². The minimum atomic E-state index is -0.517. The fourth-order valence-electron chi connectivity index (χ4n) is 4.41. The number of ketones is 1. The van der Waals surface area contributed by atoms with Crippen LogP contribution in [0.1, 0.15) is 45.6 Å². The van der Waals surface area contributed by atoms with E-state index in [-0.39, 0.29) is 24.3 Å². The molecule has 172 valence electrons. The number of rotatable bonds is 5. The Morgan fingerprint density at radius 1 is 1.15 bits per heavy atom.